The van der Waals surface area contributed by atoms with Gasteiger partial charge in [-0.3, -0.25) is 0 Å². The fourth-order valence-corrected chi connectivity index (χ4v) is 3.20. The molecule has 3 aromatic rings. The number of halogens is 2. The van der Waals surface area contributed by atoms with Crippen LogP contribution in [0.1, 0.15) is 17.6 Å². The fraction of sp³-hybridized carbons (Fsp3) is 0.200. The summed E-state index contributed by atoms with van der Waals surface area (Å²) in [5, 5.41) is 11.4. The molecule has 0 saturated carbocycles. The standard InChI is InChI=1S/C20H16F2O3/c21-20(22)13-7-12-3-1-2-4-15(12)17(8-13)16-10-19-18(9-14(16)11-23)24-5-6-25-19/h1-4,7-10,20,23H,5-6,11H2. The molecule has 0 aromatic heterocycles. The lowest BCUT2D eigenvalue weighted by atomic mass is 9.92. The predicted molar refractivity (Wildman–Crippen MR) is 91.3 cm³/mol. The Morgan fingerprint density at radius 1 is 0.920 bits per heavy atom. The maximum absolute atomic E-state index is 13.4. The Balaban J connectivity index is 2.00. The summed E-state index contributed by atoms with van der Waals surface area (Å²) in [5.41, 5.74) is 1.88. The highest BCUT2D eigenvalue weighted by Gasteiger charge is 2.19. The van der Waals surface area contributed by atoms with Crippen LogP contribution < -0.4 is 9.47 Å². The van der Waals surface area contributed by atoms with Crippen molar-refractivity contribution in [2.75, 3.05) is 13.2 Å². The number of fused-ring (bicyclic) bond motifs is 2. The van der Waals surface area contributed by atoms with Gasteiger partial charge >= 0.3 is 0 Å². The van der Waals surface area contributed by atoms with E-state index in [0.29, 0.717) is 41.4 Å². The van der Waals surface area contributed by atoms with E-state index in [1.165, 1.54) is 12.1 Å². The smallest absolute Gasteiger partial charge is 0.263 e. The zero-order valence-corrected chi connectivity index (χ0v) is 13.3. The van der Waals surface area contributed by atoms with Crippen molar-refractivity contribution in [2.24, 2.45) is 0 Å². The van der Waals surface area contributed by atoms with E-state index in [-0.39, 0.29) is 12.2 Å². The highest BCUT2D eigenvalue weighted by Crippen LogP contribution is 2.41. The first-order valence-corrected chi connectivity index (χ1v) is 8.02. The lowest BCUT2D eigenvalue weighted by Crippen LogP contribution is -2.15. The van der Waals surface area contributed by atoms with Crippen LogP contribution in [0.15, 0.2) is 48.5 Å². The fourth-order valence-electron chi connectivity index (χ4n) is 3.20. The van der Waals surface area contributed by atoms with E-state index in [0.717, 1.165) is 10.8 Å². The van der Waals surface area contributed by atoms with Crippen molar-refractivity contribution in [3.05, 3.63) is 59.7 Å². The normalized spacial score (nSPS) is 13.4. The molecular formula is C20H16F2O3. The molecule has 128 valence electrons. The molecule has 0 amide bonds. The zero-order chi connectivity index (χ0) is 17.4. The number of aliphatic hydroxyl groups excluding tert-OH is 1. The van der Waals surface area contributed by atoms with Gasteiger partial charge in [0.1, 0.15) is 13.2 Å². The number of benzene rings is 3. The van der Waals surface area contributed by atoms with Crippen molar-refractivity contribution >= 4 is 10.8 Å². The molecule has 0 radical (unpaired) electrons. The van der Waals surface area contributed by atoms with Crippen LogP contribution in [0.25, 0.3) is 21.9 Å². The second kappa shape index (κ2) is 6.33. The van der Waals surface area contributed by atoms with Gasteiger partial charge in [0, 0.05) is 5.56 Å². The van der Waals surface area contributed by atoms with Crippen molar-refractivity contribution in [2.45, 2.75) is 13.0 Å². The van der Waals surface area contributed by atoms with Gasteiger partial charge in [-0.1, -0.05) is 24.3 Å². The Bertz CT molecular complexity index is 938. The first-order chi connectivity index (χ1) is 12.2. The minimum atomic E-state index is -2.57. The summed E-state index contributed by atoms with van der Waals surface area (Å²) in [6.07, 6.45) is -2.57. The molecule has 0 saturated heterocycles. The molecule has 1 N–H and O–H groups in total. The Labute approximate surface area is 143 Å². The first-order valence-electron chi connectivity index (χ1n) is 8.02. The summed E-state index contributed by atoms with van der Waals surface area (Å²) < 4.78 is 37.9. The van der Waals surface area contributed by atoms with Crippen molar-refractivity contribution < 1.29 is 23.4 Å². The van der Waals surface area contributed by atoms with Gasteiger partial charge in [0.15, 0.2) is 11.5 Å². The van der Waals surface area contributed by atoms with Gasteiger partial charge in [0.05, 0.1) is 6.61 Å². The highest BCUT2D eigenvalue weighted by molar-refractivity contribution is 5.98. The Kier molecular flexibility index (Phi) is 4.01. The number of hydrogen-bond acceptors (Lipinski definition) is 3. The molecule has 3 nitrogen and oxygen atoms in total. The SMILES string of the molecule is OCc1cc2c(cc1-c1cc(C(F)F)cc3ccccc13)OCCO2. The van der Waals surface area contributed by atoms with E-state index in [2.05, 4.69) is 0 Å². The molecule has 0 unspecified atom stereocenters. The van der Waals surface area contributed by atoms with Gasteiger partial charge in [-0.05, 0) is 51.7 Å². The molecule has 25 heavy (non-hydrogen) atoms. The number of hydrogen-bond donors (Lipinski definition) is 1. The Morgan fingerprint density at radius 3 is 2.36 bits per heavy atom. The van der Waals surface area contributed by atoms with Gasteiger partial charge < -0.3 is 14.6 Å². The number of ether oxygens (including phenoxy) is 2. The topological polar surface area (TPSA) is 38.7 Å². The zero-order valence-electron chi connectivity index (χ0n) is 13.3. The Morgan fingerprint density at radius 2 is 1.64 bits per heavy atom. The predicted octanol–water partition coefficient (Wildman–Crippen LogP) is 4.71. The first kappa shape index (κ1) is 15.8. The summed E-state index contributed by atoms with van der Waals surface area (Å²) >= 11 is 0. The van der Waals surface area contributed by atoms with Crippen LogP contribution >= 0.6 is 0 Å². The summed E-state index contributed by atoms with van der Waals surface area (Å²) in [6.45, 7) is 0.656. The average Bonchev–Trinajstić information content (AvgIpc) is 2.66. The second-order valence-corrected chi connectivity index (χ2v) is 5.90. The van der Waals surface area contributed by atoms with E-state index in [1.807, 2.05) is 18.2 Å². The van der Waals surface area contributed by atoms with E-state index < -0.39 is 6.43 Å². The maximum Gasteiger partial charge on any atom is 0.263 e. The monoisotopic (exact) mass is 342 g/mol. The quantitative estimate of drug-likeness (QED) is 0.749. The van der Waals surface area contributed by atoms with E-state index in [9.17, 15) is 13.9 Å². The van der Waals surface area contributed by atoms with Crippen LogP contribution in [0, 0.1) is 0 Å². The third-order valence-corrected chi connectivity index (χ3v) is 4.36. The third-order valence-electron chi connectivity index (χ3n) is 4.36. The van der Waals surface area contributed by atoms with E-state index in [4.69, 9.17) is 9.47 Å². The lowest BCUT2D eigenvalue weighted by Gasteiger charge is -2.21. The molecular weight excluding hydrogens is 326 g/mol. The van der Waals surface area contributed by atoms with Crippen LogP contribution in [-0.4, -0.2) is 18.3 Å². The summed E-state index contributed by atoms with van der Waals surface area (Å²) in [4.78, 5) is 0. The highest BCUT2D eigenvalue weighted by atomic mass is 19.3. The minimum Gasteiger partial charge on any atom is -0.486 e. The van der Waals surface area contributed by atoms with Crippen LogP contribution in [0.4, 0.5) is 8.78 Å². The van der Waals surface area contributed by atoms with Gasteiger partial charge in [-0.25, -0.2) is 8.78 Å². The Hall–Kier alpha value is -2.66. The van der Waals surface area contributed by atoms with Gasteiger partial charge in [-0.15, -0.1) is 0 Å². The van der Waals surface area contributed by atoms with Crippen LogP contribution in [0.2, 0.25) is 0 Å². The number of aliphatic hydroxyl groups is 1. The molecule has 1 aliphatic heterocycles. The van der Waals surface area contributed by atoms with Crippen molar-refractivity contribution in [1.82, 2.24) is 0 Å². The molecule has 0 spiro atoms. The lowest BCUT2D eigenvalue weighted by molar-refractivity contribution is 0.151. The molecule has 0 bridgehead atoms. The van der Waals surface area contributed by atoms with Crippen molar-refractivity contribution in [1.29, 1.82) is 0 Å². The van der Waals surface area contributed by atoms with Crippen LogP contribution in [0.3, 0.4) is 0 Å². The van der Waals surface area contributed by atoms with Crippen LogP contribution in [0.5, 0.6) is 11.5 Å². The van der Waals surface area contributed by atoms with Gasteiger partial charge in [0.25, 0.3) is 6.43 Å². The average molecular weight is 342 g/mol. The van der Waals surface area contributed by atoms with Crippen molar-refractivity contribution in [3.63, 3.8) is 0 Å². The minimum absolute atomic E-state index is 0.0486. The van der Waals surface area contributed by atoms with Gasteiger partial charge in [-0.2, -0.15) is 0 Å². The molecule has 1 aliphatic rings. The summed E-state index contributed by atoms with van der Waals surface area (Å²) in [5.74, 6) is 1.12. The molecule has 0 aliphatic carbocycles. The van der Waals surface area contributed by atoms with E-state index in [1.54, 1.807) is 18.2 Å². The third kappa shape index (κ3) is 2.81. The second-order valence-electron chi connectivity index (χ2n) is 5.90. The molecule has 0 fully saturated rings. The molecule has 3 aromatic carbocycles. The van der Waals surface area contributed by atoms with Crippen molar-refractivity contribution in [3.8, 4) is 22.6 Å². The summed E-state index contributed by atoms with van der Waals surface area (Å²) in [6, 6.07) is 13.8. The van der Waals surface area contributed by atoms with Gasteiger partial charge in [0.2, 0.25) is 0 Å². The molecule has 5 heteroatoms. The maximum atomic E-state index is 13.4. The largest absolute Gasteiger partial charge is 0.486 e. The van der Waals surface area contributed by atoms with E-state index >= 15 is 0 Å². The number of alkyl halides is 2. The van der Waals surface area contributed by atoms with Crippen LogP contribution in [-0.2, 0) is 6.61 Å². The molecule has 1 heterocycles. The number of rotatable bonds is 3. The summed E-state index contributed by atoms with van der Waals surface area (Å²) in [7, 11) is 0. The molecule has 0 atom stereocenters. The molecule has 4 rings (SSSR count).